The SMILES string of the molecule is O=C(O)C1CCC(C(=O)NC2CCOC2=O)C1. The fourth-order valence-electron chi connectivity index (χ4n) is 2.36. The van der Waals surface area contributed by atoms with Gasteiger partial charge in [0, 0.05) is 12.3 Å². The standard InChI is InChI=1S/C11H15NO5/c13-9(12-8-3-4-17-11(8)16)6-1-2-7(5-6)10(14)15/h6-8H,1-5H2,(H,12,13)(H,14,15). The Morgan fingerprint density at radius 2 is 1.94 bits per heavy atom. The van der Waals surface area contributed by atoms with Crippen LogP contribution in [-0.4, -0.2) is 35.6 Å². The fourth-order valence-corrected chi connectivity index (χ4v) is 2.36. The maximum atomic E-state index is 11.8. The summed E-state index contributed by atoms with van der Waals surface area (Å²) in [6.07, 6.45) is 1.97. The van der Waals surface area contributed by atoms with Crippen LogP contribution in [-0.2, 0) is 19.1 Å². The van der Waals surface area contributed by atoms with Crippen molar-refractivity contribution >= 4 is 17.8 Å². The first kappa shape index (κ1) is 11.9. The molecule has 0 aromatic rings. The lowest BCUT2D eigenvalue weighted by atomic mass is 10.0. The number of carboxylic acids is 1. The lowest BCUT2D eigenvalue weighted by Gasteiger charge is -2.13. The first-order valence-electron chi connectivity index (χ1n) is 5.77. The van der Waals surface area contributed by atoms with Gasteiger partial charge in [-0.2, -0.15) is 0 Å². The van der Waals surface area contributed by atoms with Gasteiger partial charge in [-0.15, -0.1) is 0 Å². The summed E-state index contributed by atoms with van der Waals surface area (Å²) in [5.74, 6) is -2.19. The number of amides is 1. The lowest BCUT2D eigenvalue weighted by molar-refractivity contribution is -0.143. The molecule has 2 fully saturated rings. The van der Waals surface area contributed by atoms with Crippen LogP contribution in [0.25, 0.3) is 0 Å². The molecule has 94 valence electrons. The summed E-state index contributed by atoms with van der Waals surface area (Å²) in [5.41, 5.74) is 0. The second-order valence-electron chi connectivity index (χ2n) is 4.56. The number of hydrogen-bond donors (Lipinski definition) is 2. The number of cyclic esters (lactones) is 1. The first-order chi connectivity index (χ1) is 8.08. The van der Waals surface area contributed by atoms with Crippen LogP contribution in [0, 0.1) is 11.8 Å². The topological polar surface area (TPSA) is 92.7 Å². The monoisotopic (exact) mass is 241 g/mol. The van der Waals surface area contributed by atoms with Crippen molar-refractivity contribution in [1.82, 2.24) is 5.32 Å². The molecule has 1 saturated carbocycles. The molecule has 6 heteroatoms. The van der Waals surface area contributed by atoms with Gasteiger partial charge in [0.15, 0.2) is 0 Å². The molecule has 3 unspecified atom stereocenters. The molecule has 2 N–H and O–H groups in total. The third-order valence-electron chi connectivity index (χ3n) is 3.40. The quantitative estimate of drug-likeness (QED) is 0.674. The van der Waals surface area contributed by atoms with E-state index in [4.69, 9.17) is 9.84 Å². The van der Waals surface area contributed by atoms with E-state index in [-0.39, 0.29) is 11.8 Å². The van der Waals surface area contributed by atoms with Crippen molar-refractivity contribution < 1.29 is 24.2 Å². The smallest absolute Gasteiger partial charge is 0.328 e. The van der Waals surface area contributed by atoms with E-state index in [2.05, 4.69) is 5.32 Å². The van der Waals surface area contributed by atoms with E-state index in [0.717, 1.165) is 0 Å². The van der Waals surface area contributed by atoms with Gasteiger partial charge in [-0.25, -0.2) is 4.79 Å². The summed E-state index contributed by atoms with van der Waals surface area (Å²) in [5, 5.41) is 11.5. The van der Waals surface area contributed by atoms with Gasteiger partial charge in [-0.1, -0.05) is 0 Å². The molecule has 2 rings (SSSR count). The zero-order valence-electron chi connectivity index (χ0n) is 9.35. The zero-order chi connectivity index (χ0) is 12.4. The minimum absolute atomic E-state index is 0.224. The van der Waals surface area contributed by atoms with Crippen LogP contribution < -0.4 is 5.32 Å². The second kappa shape index (κ2) is 4.73. The molecule has 1 aliphatic carbocycles. The summed E-state index contributed by atoms with van der Waals surface area (Å²) in [7, 11) is 0. The Labute approximate surface area is 98.3 Å². The summed E-state index contributed by atoms with van der Waals surface area (Å²) < 4.78 is 4.74. The van der Waals surface area contributed by atoms with Crippen molar-refractivity contribution in [2.24, 2.45) is 11.8 Å². The molecule has 1 amide bonds. The molecule has 1 heterocycles. The normalized spacial score (nSPS) is 32.2. The summed E-state index contributed by atoms with van der Waals surface area (Å²) in [6.45, 7) is 0.339. The highest BCUT2D eigenvalue weighted by Crippen LogP contribution is 2.31. The molecule has 17 heavy (non-hydrogen) atoms. The minimum atomic E-state index is -0.847. The second-order valence-corrected chi connectivity index (χ2v) is 4.56. The number of carbonyl (C=O) groups excluding carboxylic acids is 2. The predicted octanol–water partition coefficient (Wildman–Crippen LogP) is -0.0810. The highest BCUT2D eigenvalue weighted by atomic mass is 16.5. The van der Waals surface area contributed by atoms with Gasteiger partial charge in [-0.3, -0.25) is 9.59 Å². The van der Waals surface area contributed by atoms with Crippen molar-refractivity contribution in [3.05, 3.63) is 0 Å². The third kappa shape index (κ3) is 2.57. The average molecular weight is 241 g/mol. The molecule has 1 aliphatic heterocycles. The van der Waals surface area contributed by atoms with Crippen LogP contribution in [0.15, 0.2) is 0 Å². The molecule has 0 bridgehead atoms. The average Bonchev–Trinajstić information content (AvgIpc) is 2.88. The summed E-state index contributed by atoms with van der Waals surface area (Å²) in [6, 6.07) is -0.550. The van der Waals surface area contributed by atoms with Crippen LogP contribution in [0.1, 0.15) is 25.7 Å². The van der Waals surface area contributed by atoms with E-state index in [1.165, 1.54) is 0 Å². The number of nitrogens with one attached hydrogen (secondary N) is 1. The lowest BCUT2D eigenvalue weighted by Crippen LogP contribution is -2.41. The Balaban J connectivity index is 1.85. The van der Waals surface area contributed by atoms with Gasteiger partial charge in [0.05, 0.1) is 12.5 Å². The molecule has 0 radical (unpaired) electrons. The molecule has 0 aromatic heterocycles. The van der Waals surface area contributed by atoms with Gasteiger partial charge >= 0.3 is 11.9 Å². The minimum Gasteiger partial charge on any atom is -0.481 e. The number of carboxylic acid groups (broad SMARTS) is 1. The van der Waals surface area contributed by atoms with Crippen molar-refractivity contribution in [2.75, 3.05) is 6.61 Å². The summed E-state index contributed by atoms with van der Waals surface area (Å²) in [4.78, 5) is 33.7. The van der Waals surface area contributed by atoms with Gasteiger partial charge in [0.2, 0.25) is 5.91 Å². The van der Waals surface area contributed by atoms with E-state index in [1.54, 1.807) is 0 Å². The van der Waals surface area contributed by atoms with Crippen molar-refractivity contribution in [3.8, 4) is 0 Å². The van der Waals surface area contributed by atoms with Crippen LogP contribution >= 0.6 is 0 Å². The first-order valence-corrected chi connectivity index (χ1v) is 5.77. The molecule has 1 saturated heterocycles. The van der Waals surface area contributed by atoms with E-state index < -0.39 is 23.9 Å². The number of ether oxygens (including phenoxy) is 1. The highest BCUT2D eigenvalue weighted by molar-refractivity contribution is 5.87. The third-order valence-corrected chi connectivity index (χ3v) is 3.40. The summed E-state index contributed by atoms with van der Waals surface area (Å²) >= 11 is 0. The van der Waals surface area contributed by atoms with Crippen LogP contribution in [0.2, 0.25) is 0 Å². The van der Waals surface area contributed by atoms with Gasteiger partial charge in [0.25, 0.3) is 0 Å². The molecular weight excluding hydrogens is 226 g/mol. The van der Waals surface area contributed by atoms with Gasteiger partial charge in [-0.05, 0) is 19.3 Å². The maximum absolute atomic E-state index is 11.8. The number of aliphatic carboxylic acids is 1. The van der Waals surface area contributed by atoms with Crippen molar-refractivity contribution in [1.29, 1.82) is 0 Å². The van der Waals surface area contributed by atoms with Gasteiger partial charge in [0.1, 0.15) is 6.04 Å². The molecular formula is C11H15NO5. The largest absolute Gasteiger partial charge is 0.481 e. The van der Waals surface area contributed by atoms with Crippen LogP contribution in [0.3, 0.4) is 0 Å². The number of rotatable bonds is 3. The van der Waals surface area contributed by atoms with E-state index in [9.17, 15) is 14.4 Å². The van der Waals surface area contributed by atoms with Crippen LogP contribution in [0.5, 0.6) is 0 Å². The fraction of sp³-hybridized carbons (Fsp3) is 0.727. The number of esters is 1. The Kier molecular flexibility index (Phi) is 3.31. The Bertz CT molecular complexity index is 354. The van der Waals surface area contributed by atoms with E-state index >= 15 is 0 Å². The van der Waals surface area contributed by atoms with E-state index in [0.29, 0.717) is 32.3 Å². The molecule has 3 atom stereocenters. The predicted molar refractivity (Wildman–Crippen MR) is 56.0 cm³/mol. The molecule has 0 spiro atoms. The Hall–Kier alpha value is -1.59. The molecule has 6 nitrogen and oxygen atoms in total. The Morgan fingerprint density at radius 3 is 2.47 bits per heavy atom. The zero-order valence-corrected chi connectivity index (χ0v) is 9.35. The number of hydrogen-bond acceptors (Lipinski definition) is 4. The molecule has 0 aromatic carbocycles. The molecule has 2 aliphatic rings. The van der Waals surface area contributed by atoms with Crippen molar-refractivity contribution in [3.63, 3.8) is 0 Å². The highest BCUT2D eigenvalue weighted by Gasteiger charge is 2.36. The van der Waals surface area contributed by atoms with E-state index in [1.807, 2.05) is 0 Å². The number of carbonyl (C=O) groups is 3. The van der Waals surface area contributed by atoms with Gasteiger partial charge < -0.3 is 15.2 Å². The van der Waals surface area contributed by atoms with Crippen LogP contribution in [0.4, 0.5) is 0 Å². The van der Waals surface area contributed by atoms with Crippen molar-refractivity contribution in [2.45, 2.75) is 31.7 Å². The Morgan fingerprint density at radius 1 is 1.24 bits per heavy atom. The maximum Gasteiger partial charge on any atom is 0.328 e.